The molecule has 0 radical (unpaired) electrons. The van der Waals surface area contributed by atoms with Crippen LogP contribution in [0, 0.1) is 0 Å². The molecule has 3 heterocycles. The number of hydrogen-bond acceptors (Lipinski definition) is 4. The van der Waals surface area contributed by atoms with Gasteiger partial charge < -0.3 is 9.73 Å². The van der Waals surface area contributed by atoms with Crippen LogP contribution in [0.1, 0.15) is 18.5 Å². The number of furan rings is 1. The van der Waals surface area contributed by atoms with Crippen LogP contribution in [0.3, 0.4) is 0 Å². The van der Waals surface area contributed by atoms with Gasteiger partial charge in [0.05, 0.1) is 17.7 Å². The van der Waals surface area contributed by atoms with Gasteiger partial charge in [0, 0.05) is 6.20 Å². The van der Waals surface area contributed by atoms with Crippen LogP contribution in [0.15, 0.2) is 45.8 Å². The molecule has 1 unspecified atom stereocenters. The number of thiophene rings is 1. The Morgan fingerprint density at radius 3 is 3.12 bits per heavy atom. The fourth-order valence-corrected chi connectivity index (χ4v) is 2.57. The lowest BCUT2D eigenvalue weighted by molar-refractivity contribution is 0.615. The predicted octanol–water partition coefficient (Wildman–Crippen LogP) is 4.06. The van der Waals surface area contributed by atoms with E-state index in [0.29, 0.717) is 0 Å². The van der Waals surface area contributed by atoms with Crippen molar-refractivity contribution in [3.8, 4) is 0 Å². The summed E-state index contributed by atoms with van der Waals surface area (Å²) >= 11 is 1.70. The Hall–Kier alpha value is -1.81. The van der Waals surface area contributed by atoms with Gasteiger partial charge in [0.25, 0.3) is 0 Å². The maximum Gasteiger partial charge on any atom is 0.139 e. The summed E-state index contributed by atoms with van der Waals surface area (Å²) in [5.41, 5.74) is 2.14. The van der Waals surface area contributed by atoms with Crippen LogP contribution in [0.4, 0.5) is 5.82 Å². The van der Waals surface area contributed by atoms with Gasteiger partial charge in [-0.25, -0.2) is 4.98 Å². The topological polar surface area (TPSA) is 38.1 Å². The highest BCUT2D eigenvalue weighted by molar-refractivity contribution is 7.07. The summed E-state index contributed by atoms with van der Waals surface area (Å²) in [4.78, 5) is 4.36. The molecule has 1 N–H and O–H groups in total. The Labute approximate surface area is 103 Å². The van der Waals surface area contributed by atoms with E-state index in [9.17, 15) is 0 Å². The lowest BCUT2D eigenvalue weighted by Crippen LogP contribution is -2.06. The number of aromatic nitrogens is 1. The summed E-state index contributed by atoms with van der Waals surface area (Å²) in [6.45, 7) is 2.13. The molecule has 1 atom stereocenters. The Bertz CT molecular complexity index is 615. The average molecular weight is 244 g/mol. The van der Waals surface area contributed by atoms with Crippen LogP contribution >= 0.6 is 11.3 Å². The number of rotatable bonds is 3. The highest BCUT2D eigenvalue weighted by atomic mass is 32.1. The summed E-state index contributed by atoms with van der Waals surface area (Å²) in [5, 5.41) is 8.66. The van der Waals surface area contributed by atoms with Gasteiger partial charge in [-0.3, -0.25) is 0 Å². The van der Waals surface area contributed by atoms with Crippen LogP contribution < -0.4 is 5.32 Å². The van der Waals surface area contributed by atoms with Crippen LogP contribution in [-0.4, -0.2) is 4.98 Å². The molecular weight excluding hydrogens is 232 g/mol. The standard InChI is InChI=1S/C13H12N2OS/c1-9(10-4-7-17-8-10)15-13-11-3-6-16-12(11)2-5-14-13/h2-9H,1H3,(H,14,15). The Morgan fingerprint density at radius 1 is 1.35 bits per heavy atom. The van der Waals surface area contributed by atoms with Crippen molar-refractivity contribution in [3.05, 3.63) is 47.0 Å². The minimum absolute atomic E-state index is 0.245. The molecule has 0 aromatic carbocycles. The minimum atomic E-state index is 0.245. The van der Waals surface area contributed by atoms with Crippen molar-refractivity contribution in [1.29, 1.82) is 0 Å². The van der Waals surface area contributed by atoms with Crippen LogP contribution in [0.2, 0.25) is 0 Å². The third-order valence-electron chi connectivity index (χ3n) is 2.78. The average Bonchev–Trinajstić information content (AvgIpc) is 3.00. The van der Waals surface area contributed by atoms with Gasteiger partial charge >= 0.3 is 0 Å². The largest absolute Gasteiger partial charge is 0.464 e. The molecule has 0 saturated carbocycles. The van der Waals surface area contributed by atoms with E-state index in [-0.39, 0.29) is 6.04 Å². The third-order valence-corrected chi connectivity index (χ3v) is 3.48. The zero-order chi connectivity index (χ0) is 11.7. The van der Waals surface area contributed by atoms with Crippen molar-refractivity contribution >= 4 is 28.1 Å². The molecule has 0 saturated heterocycles. The molecule has 86 valence electrons. The van der Waals surface area contributed by atoms with Crippen LogP contribution in [0.5, 0.6) is 0 Å². The van der Waals surface area contributed by atoms with Crippen molar-refractivity contribution in [1.82, 2.24) is 4.98 Å². The van der Waals surface area contributed by atoms with Gasteiger partial charge in [0.15, 0.2) is 0 Å². The van der Waals surface area contributed by atoms with E-state index >= 15 is 0 Å². The van der Waals surface area contributed by atoms with Crippen molar-refractivity contribution in [3.63, 3.8) is 0 Å². The maximum absolute atomic E-state index is 5.35. The second-order valence-corrected chi connectivity index (χ2v) is 4.69. The molecule has 3 rings (SSSR count). The first-order valence-electron chi connectivity index (χ1n) is 5.45. The van der Waals surface area contributed by atoms with Gasteiger partial charge in [-0.1, -0.05) is 0 Å². The van der Waals surface area contributed by atoms with E-state index in [1.54, 1.807) is 23.8 Å². The van der Waals surface area contributed by atoms with E-state index in [1.807, 2.05) is 12.1 Å². The first-order valence-corrected chi connectivity index (χ1v) is 6.40. The molecular formula is C13H12N2OS. The highest BCUT2D eigenvalue weighted by Crippen LogP contribution is 2.26. The molecule has 3 aromatic heterocycles. The number of fused-ring (bicyclic) bond motifs is 1. The summed E-state index contributed by atoms with van der Waals surface area (Å²) in [6.07, 6.45) is 3.45. The maximum atomic E-state index is 5.35. The number of pyridine rings is 1. The Morgan fingerprint density at radius 2 is 2.29 bits per heavy atom. The number of nitrogens with one attached hydrogen (secondary N) is 1. The molecule has 3 aromatic rings. The molecule has 0 amide bonds. The summed E-state index contributed by atoms with van der Waals surface area (Å²) < 4.78 is 5.35. The molecule has 3 nitrogen and oxygen atoms in total. The van der Waals surface area contributed by atoms with E-state index in [1.165, 1.54) is 5.56 Å². The van der Waals surface area contributed by atoms with Crippen molar-refractivity contribution in [2.75, 3.05) is 5.32 Å². The Kier molecular flexibility index (Phi) is 2.57. The quantitative estimate of drug-likeness (QED) is 0.755. The van der Waals surface area contributed by atoms with Crippen LogP contribution in [-0.2, 0) is 0 Å². The Balaban J connectivity index is 1.92. The molecule has 0 aliphatic carbocycles. The predicted molar refractivity (Wildman–Crippen MR) is 70.4 cm³/mol. The van der Waals surface area contributed by atoms with Gasteiger partial charge in [-0.05, 0) is 41.4 Å². The zero-order valence-electron chi connectivity index (χ0n) is 9.38. The molecule has 4 heteroatoms. The summed E-state index contributed by atoms with van der Waals surface area (Å²) in [7, 11) is 0. The SMILES string of the molecule is CC(Nc1nccc2occc12)c1ccsc1. The van der Waals surface area contributed by atoms with Gasteiger partial charge in [-0.15, -0.1) is 0 Å². The zero-order valence-corrected chi connectivity index (χ0v) is 10.2. The molecule has 0 aliphatic rings. The van der Waals surface area contributed by atoms with Crippen molar-refractivity contribution < 1.29 is 4.42 Å². The van der Waals surface area contributed by atoms with E-state index in [2.05, 4.69) is 34.1 Å². The molecule has 0 fully saturated rings. The van der Waals surface area contributed by atoms with E-state index in [0.717, 1.165) is 16.8 Å². The lowest BCUT2D eigenvalue weighted by Gasteiger charge is -2.13. The molecule has 0 bridgehead atoms. The molecule has 0 aliphatic heterocycles. The van der Waals surface area contributed by atoms with Crippen LogP contribution in [0.25, 0.3) is 11.0 Å². The number of hydrogen-bond donors (Lipinski definition) is 1. The minimum Gasteiger partial charge on any atom is -0.464 e. The lowest BCUT2D eigenvalue weighted by atomic mass is 10.2. The fourth-order valence-electron chi connectivity index (χ4n) is 1.82. The van der Waals surface area contributed by atoms with Crippen molar-refractivity contribution in [2.24, 2.45) is 0 Å². The van der Waals surface area contributed by atoms with E-state index < -0.39 is 0 Å². The van der Waals surface area contributed by atoms with Gasteiger partial charge in [0.2, 0.25) is 0 Å². The number of nitrogens with zero attached hydrogens (tertiary/aromatic N) is 1. The monoisotopic (exact) mass is 244 g/mol. The second kappa shape index (κ2) is 4.22. The third kappa shape index (κ3) is 1.91. The summed E-state index contributed by atoms with van der Waals surface area (Å²) in [5.74, 6) is 0.870. The first-order chi connectivity index (χ1) is 8.34. The highest BCUT2D eigenvalue weighted by Gasteiger charge is 2.09. The van der Waals surface area contributed by atoms with E-state index in [4.69, 9.17) is 4.42 Å². The normalized spacial score (nSPS) is 12.8. The number of anilines is 1. The smallest absolute Gasteiger partial charge is 0.139 e. The first kappa shape index (κ1) is 10.4. The molecule has 0 spiro atoms. The van der Waals surface area contributed by atoms with Crippen molar-refractivity contribution in [2.45, 2.75) is 13.0 Å². The fraction of sp³-hybridized carbons (Fsp3) is 0.154. The molecule has 17 heavy (non-hydrogen) atoms. The van der Waals surface area contributed by atoms with Gasteiger partial charge in [0.1, 0.15) is 11.4 Å². The second-order valence-electron chi connectivity index (χ2n) is 3.91. The van der Waals surface area contributed by atoms with Gasteiger partial charge in [-0.2, -0.15) is 11.3 Å². The summed E-state index contributed by atoms with van der Waals surface area (Å²) in [6, 6.07) is 6.17.